The summed E-state index contributed by atoms with van der Waals surface area (Å²) < 4.78 is 5.15. The normalized spacial score (nSPS) is 21.0. The maximum absolute atomic E-state index is 13.1. The molecule has 29 heavy (non-hydrogen) atoms. The number of anilines is 1. The summed E-state index contributed by atoms with van der Waals surface area (Å²) in [6.45, 7) is 1.94. The van der Waals surface area contributed by atoms with E-state index in [0.717, 1.165) is 29.0 Å². The highest BCUT2D eigenvalue weighted by Gasteiger charge is 2.49. The van der Waals surface area contributed by atoms with Crippen molar-refractivity contribution in [2.45, 2.75) is 25.3 Å². The van der Waals surface area contributed by atoms with Gasteiger partial charge >= 0.3 is 6.03 Å². The molecule has 7 heteroatoms. The van der Waals surface area contributed by atoms with Gasteiger partial charge in [0, 0.05) is 12.2 Å². The topological polar surface area (TPSA) is 79.0 Å². The molecule has 0 spiro atoms. The molecule has 7 nitrogen and oxygen atoms in total. The first kappa shape index (κ1) is 19.0. The van der Waals surface area contributed by atoms with Crippen LogP contribution in [-0.4, -0.2) is 42.9 Å². The van der Waals surface area contributed by atoms with E-state index in [0.29, 0.717) is 17.9 Å². The molecule has 2 aromatic rings. The van der Waals surface area contributed by atoms with Crippen LogP contribution in [0.3, 0.4) is 0 Å². The van der Waals surface area contributed by atoms with Gasteiger partial charge in [-0.25, -0.2) is 4.79 Å². The standard InChI is InChI=1S/C22H23N3O4/c1-22(16-9-11-17(29-2)12-10-16)20(27)25(21(28)23-22)14-19(26)24-13-5-7-15-6-3-4-8-18(15)24/h3-4,6,8-12H,5,7,13-14H2,1-2H3,(H,23,28)/t22-/m0/s1. The van der Waals surface area contributed by atoms with Crippen LogP contribution in [0.2, 0.25) is 0 Å². The Morgan fingerprint density at radius 3 is 2.59 bits per heavy atom. The van der Waals surface area contributed by atoms with E-state index in [4.69, 9.17) is 4.74 Å². The Balaban J connectivity index is 1.55. The molecule has 2 aliphatic heterocycles. The molecule has 4 rings (SSSR count). The van der Waals surface area contributed by atoms with E-state index >= 15 is 0 Å². The first-order valence-corrected chi connectivity index (χ1v) is 9.61. The van der Waals surface area contributed by atoms with Crippen molar-refractivity contribution in [3.63, 3.8) is 0 Å². The Hall–Kier alpha value is -3.35. The summed E-state index contributed by atoms with van der Waals surface area (Å²) in [6, 6.07) is 14.1. The number of methoxy groups -OCH3 is 1. The number of para-hydroxylation sites is 1. The molecule has 2 aromatic carbocycles. The molecule has 0 bridgehead atoms. The minimum Gasteiger partial charge on any atom is -0.497 e. The molecule has 1 atom stereocenters. The number of aryl methyl sites for hydroxylation is 1. The van der Waals surface area contributed by atoms with Crippen LogP contribution >= 0.6 is 0 Å². The average molecular weight is 393 g/mol. The molecule has 0 aromatic heterocycles. The van der Waals surface area contributed by atoms with Crippen LogP contribution in [0.15, 0.2) is 48.5 Å². The Bertz CT molecular complexity index is 972. The molecule has 0 unspecified atom stereocenters. The van der Waals surface area contributed by atoms with Gasteiger partial charge in [-0.3, -0.25) is 14.5 Å². The van der Waals surface area contributed by atoms with Crippen LogP contribution in [0.25, 0.3) is 0 Å². The third-order valence-corrected chi connectivity index (χ3v) is 5.65. The first-order chi connectivity index (χ1) is 13.9. The van der Waals surface area contributed by atoms with E-state index in [1.54, 1.807) is 43.2 Å². The van der Waals surface area contributed by atoms with Crippen molar-refractivity contribution in [1.29, 1.82) is 0 Å². The number of nitrogens with one attached hydrogen (secondary N) is 1. The lowest BCUT2D eigenvalue weighted by atomic mass is 9.92. The van der Waals surface area contributed by atoms with Gasteiger partial charge in [-0.15, -0.1) is 0 Å². The maximum atomic E-state index is 13.1. The smallest absolute Gasteiger partial charge is 0.325 e. The summed E-state index contributed by atoms with van der Waals surface area (Å²) in [4.78, 5) is 41.3. The summed E-state index contributed by atoms with van der Waals surface area (Å²) in [6.07, 6.45) is 1.77. The Morgan fingerprint density at radius 2 is 1.86 bits per heavy atom. The molecule has 0 radical (unpaired) electrons. The average Bonchev–Trinajstić information content (AvgIpc) is 2.97. The van der Waals surface area contributed by atoms with Gasteiger partial charge in [0.25, 0.3) is 5.91 Å². The van der Waals surface area contributed by atoms with E-state index in [1.165, 1.54) is 0 Å². The monoisotopic (exact) mass is 393 g/mol. The first-order valence-electron chi connectivity index (χ1n) is 9.61. The summed E-state index contributed by atoms with van der Waals surface area (Å²) in [5.41, 5.74) is 1.37. The van der Waals surface area contributed by atoms with Gasteiger partial charge in [0.05, 0.1) is 7.11 Å². The molecule has 4 amide bonds. The number of urea groups is 1. The molecule has 2 aliphatic rings. The van der Waals surface area contributed by atoms with Gasteiger partial charge in [-0.05, 0) is 49.1 Å². The minimum atomic E-state index is -1.22. The highest BCUT2D eigenvalue weighted by Crippen LogP contribution is 2.31. The fourth-order valence-electron chi connectivity index (χ4n) is 3.97. The lowest BCUT2D eigenvalue weighted by Gasteiger charge is -2.30. The van der Waals surface area contributed by atoms with Gasteiger partial charge in [-0.1, -0.05) is 30.3 Å². The van der Waals surface area contributed by atoms with Crippen molar-refractivity contribution < 1.29 is 19.1 Å². The van der Waals surface area contributed by atoms with Crippen LogP contribution in [0.1, 0.15) is 24.5 Å². The van der Waals surface area contributed by atoms with Crippen molar-refractivity contribution in [2.75, 3.05) is 25.1 Å². The third kappa shape index (κ3) is 3.22. The van der Waals surface area contributed by atoms with Crippen LogP contribution in [-0.2, 0) is 21.5 Å². The van der Waals surface area contributed by atoms with Crippen molar-refractivity contribution in [1.82, 2.24) is 10.2 Å². The summed E-state index contributed by atoms with van der Waals surface area (Å²) >= 11 is 0. The molecular weight excluding hydrogens is 370 g/mol. The zero-order chi connectivity index (χ0) is 20.6. The predicted molar refractivity (Wildman–Crippen MR) is 108 cm³/mol. The second-order valence-corrected chi connectivity index (χ2v) is 7.45. The van der Waals surface area contributed by atoms with Crippen LogP contribution in [0.5, 0.6) is 5.75 Å². The van der Waals surface area contributed by atoms with Crippen molar-refractivity contribution in [2.24, 2.45) is 0 Å². The van der Waals surface area contributed by atoms with E-state index in [2.05, 4.69) is 5.32 Å². The number of amides is 4. The third-order valence-electron chi connectivity index (χ3n) is 5.65. The van der Waals surface area contributed by atoms with E-state index in [9.17, 15) is 14.4 Å². The molecule has 0 aliphatic carbocycles. The van der Waals surface area contributed by atoms with E-state index in [-0.39, 0.29) is 12.5 Å². The van der Waals surface area contributed by atoms with Gasteiger partial charge in [-0.2, -0.15) is 0 Å². The molecule has 1 fully saturated rings. The van der Waals surface area contributed by atoms with Crippen LogP contribution < -0.4 is 15.0 Å². The lowest BCUT2D eigenvalue weighted by Crippen LogP contribution is -2.46. The molecule has 1 saturated heterocycles. The SMILES string of the molecule is COc1ccc([C@]2(C)NC(=O)N(CC(=O)N3CCCc4ccccc43)C2=O)cc1. The molecular formula is C22H23N3O4. The highest BCUT2D eigenvalue weighted by atomic mass is 16.5. The summed E-state index contributed by atoms with van der Waals surface area (Å²) in [7, 11) is 1.56. The lowest BCUT2D eigenvalue weighted by molar-refractivity contribution is -0.134. The Morgan fingerprint density at radius 1 is 1.14 bits per heavy atom. The van der Waals surface area contributed by atoms with Crippen LogP contribution in [0, 0.1) is 0 Å². The number of fused-ring (bicyclic) bond motifs is 1. The molecule has 150 valence electrons. The largest absolute Gasteiger partial charge is 0.497 e. The number of imide groups is 1. The molecule has 0 saturated carbocycles. The number of hydrogen-bond acceptors (Lipinski definition) is 4. The van der Waals surface area contributed by atoms with E-state index < -0.39 is 17.5 Å². The van der Waals surface area contributed by atoms with Gasteiger partial charge in [0.2, 0.25) is 5.91 Å². The van der Waals surface area contributed by atoms with Crippen molar-refractivity contribution in [3.8, 4) is 5.75 Å². The number of rotatable bonds is 4. The van der Waals surface area contributed by atoms with E-state index in [1.807, 2.05) is 24.3 Å². The summed E-state index contributed by atoms with van der Waals surface area (Å²) in [5.74, 6) is -0.0455. The van der Waals surface area contributed by atoms with Crippen molar-refractivity contribution in [3.05, 3.63) is 59.7 Å². The quantitative estimate of drug-likeness (QED) is 0.810. The fourth-order valence-corrected chi connectivity index (χ4v) is 3.97. The van der Waals surface area contributed by atoms with Gasteiger partial charge < -0.3 is 15.0 Å². The maximum Gasteiger partial charge on any atom is 0.325 e. The second-order valence-electron chi connectivity index (χ2n) is 7.45. The minimum absolute atomic E-state index is 0.264. The van der Waals surface area contributed by atoms with Crippen LogP contribution in [0.4, 0.5) is 10.5 Å². The second kappa shape index (κ2) is 7.24. The molecule has 2 heterocycles. The fraction of sp³-hybridized carbons (Fsp3) is 0.318. The Labute approximate surface area is 169 Å². The van der Waals surface area contributed by atoms with Gasteiger partial charge in [0.15, 0.2) is 0 Å². The summed E-state index contributed by atoms with van der Waals surface area (Å²) in [5, 5.41) is 2.74. The number of ether oxygens (including phenoxy) is 1. The highest BCUT2D eigenvalue weighted by molar-refractivity contribution is 6.10. The zero-order valence-electron chi connectivity index (χ0n) is 16.5. The van der Waals surface area contributed by atoms with Crippen molar-refractivity contribution >= 4 is 23.5 Å². The number of nitrogens with zero attached hydrogens (tertiary/aromatic N) is 2. The number of carbonyl (C=O) groups excluding carboxylic acids is 3. The predicted octanol–water partition coefficient (Wildman–Crippen LogP) is 2.44. The zero-order valence-corrected chi connectivity index (χ0v) is 16.5. The Kier molecular flexibility index (Phi) is 4.74. The molecule has 1 N–H and O–H groups in total. The van der Waals surface area contributed by atoms with Gasteiger partial charge in [0.1, 0.15) is 17.8 Å². The number of hydrogen-bond donors (Lipinski definition) is 1. The number of carbonyl (C=O) groups is 3. The number of benzene rings is 2.